The number of nitrogens with zero attached hydrogens (tertiary/aromatic N) is 2. The molecule has 0 spiro atoms. The normalized spacial score (nSPS) is 14.1. The van der Waals surface area contributed by atoms with Gasteiger partial charge in [0, 0.05) is 27.7 Å². The molecule has 34 heavy (non-hydrogen) atoms. The summed E-state index contributed by atoms with van der Waals surface area (Å²) in [6.45, 7) is 1.59. The molecule has 0 saturated carbocycles. The Balaban J connectivity index is 1.40. The lowest BCUT2D eigenvalue weighted by Gasteiger charge is -2.19. The maximum atomic E-state index is 13.5. The van der Waals surface area contributed by atoms with E-state index in [1.165, 1.54) is 25.3 Å². The minimum atomic E-state index is -0.424. The molecule has 0 atom stereocenters. The monoisotopic (exact) mass is 522 g/mol. The Morgan fingerprint density at radius 1 is 1.29 bits per heavy atom. The van der Waals surface area contributed by atoms with Gasteiger partial charge in [0.2, 0.25) is 0 Å². The Labute approximate surface area is 210 Å². The van der Waals surface area contributed by atoms with Crippen molar-refractivity contribution in [2.45, 2.75) is 18.0 Å². The number of rotatable bonds is 7. The van der Waals surface area contributed by atoms with Crippen LogP contribution in [0.3, 0.4) is 0 Å². The number of benzene rings is 2. The third-order valence-corrected chi connectivity index (χ3v) is 6.47. The topological polar surface area (TPSA) is 77.4 Å². The molecular weight excluding hydrogens is 502 g/mol. The number of hydrogen-bond acceptors (Lipinski definition) is 5. The SMILES string of the molecule is COc1ccc(F)cc1SNC(=O)NC/C=C1\COCc2cnn(Cc3ccc(Cl)cc3Cl)c21. The van der Waals surface area contributed by atoms with Crippen molar-refractivity contribution in [2.75, 3.05) is 20.3 Å². The van der Waals surface area contributed by atoms with Gasteiger partial charge in [0.05, 0.1) is 43.7 Å². The molecule has 4 rings (SSSR count). The molecule has 0 aliphatic carbocycles. The highest BCUT2D eigenvalue weighted by Crippen LogP contribution is 2.29. The zero-order valence-electron chi connectivity index (χ0n) is 18.1. The van der Waals surface area contributed by atoms with E-state index in [1.54, 1.807) is 18.3 Å². The van der Waals surface area contributed by atoms with E-state index in [9.17, 15) is 9.18 Å². The molecule has 0 saturated heterocycles. The molecule has 1 aliphatic heterocycles. The van der Waals surface area contributed by atoms with Crippen molar-refractivity contribution in [3.63, 3.8) is 0 Å². The van der Waals surface area contributed by atoms with Gasteiger partial charge in [0.1, 0.15) is 11.6 Å². The van der Waals surface area contributed by atoms with Crippen LogP contribution in [0, 0.1) is 5.82 Å². The first-order valence-corrected chi connectivity index (χ1v) is 11.8. The summed E-state index contributed by atoms with van der Waals surface area (Å²) in [6.07, 6.45) is 3.65. The van der Waals surface area contributed by atoms with Crippen LogP contribution in [0.4, 0.5) is 9.18 Å². The second kappa shape index (κ2) is 11.1. The minimum absolute atomic E-state index is 0.262. The van der Waals surface area contributed by atoms with Gasteiger partial charge in [-0.15, -0.1) is 0 Å². The predicted octanol–water partition coefficient (Wildman–Crippen LogP) is 5.31. The number of carbonyl (C=O) groups excluding carboxylic acids is 1. The average molecular weight is 523 g/mol. The van der Waals surface area contributed by atoms with Crippen LogP contribution in [0.5, 0.6) is 5.75 Å². The van der Waals surface area contributed by atoms with E-state index in [2.05, 4.69) is 15.1 Å². The van der Waals surface area contributed by atoms with Crippen LogP contribution >= 0.6 is 35.1 Å². The Bertz CT molecular complexity index is 1230. The Morgan fingerprint density at radius 3 is 2.94 bits per heavy atom. The van der Waals surface area contributed by atoms with Crippen LogP contribution in [0.15, 0.2) is 53.6 Å². The van der Waals surface area contributed by atoms with Gasteiger partial charge in [-0.05, 0) is 47.8 Å². The minimum Gasteiger partial charge on any atom is -0.496 e. The first-order chi connectivity index (χ1) is 16.4. The van der Waals surface area contributed by atoms with Crippen molar-refractivity contribution in [1.82, 2.24) is 19.8 Å². The summed E-state index contributed by atoms with van der Waals surface area (Å²) in [5.41, 5.74) is 3.70. The summed E-state index contributed by atoms with van der Waals surface area (Å²) < 4.78 is 28.8. The van der Waals surface area contributed by atoms with E-state index in [1.807, 2.05) is 16.8 Å². The fourth-order valence-electron chi connectivity index (χ4n) is 3.46. The van der Waals surface area contributed by atoms with Gasteiger partial charge in [-0.3, -0.25) is 9.40 Å². The Kier molecular flexibility index (Phi) is 7.99. The van der Waals surface area contributed by atoms with E-state index in [4.69, 9.17) is 32.7 Å². The molecule has 1 aliphatic rings. The van der Waals surface area contributed by atoms with Crippen LogP contribution < -0.4 is 14.8 Å². The third-order valence-electron chi connectivity index (χ3n) is 5.06. The first kappa shape index (κ1) is 24.4. The largest absolute Gasteiger partial charge is 0.496 e. The summed E-state index contributed by atoms with van der Waals surface area (Å²) in [5.74, 6) is 0.0506. The van der Waals surface area contributed by atoms with Gasteiger partial charge >= 0.3 is 6.03 Å². The quantitative estimate of drug-likeness (QED) is 0.411. The first-order valence-electron chi connectivity index (χ1n) is 10.2. The number of urea groups is 1. The molecule has 0 unspecified atom stereocenters. The highest BCUT2D eigenvalue weighted by atomic mass is 35.5. The van der Waals surface area contributed by atoms with Crippen molar-refractivity contribution >= 4 is 46.8 Å². The third kappa shape index (κ3) is 5.85. The van der Waals surface area contributed by atoms with Gasteiger partial charge < -0.3 is 14.8 Å². The van der Waals surface area contributed by atoms with Gasteiger partial charge in [0.15, 0.2) is 0 Å². The van der Waals surface area contributed by atoms with Crippen molar-refractivity contribution in [2.24, 2.45) is 0 Å². The summed E-state index contributed by atoms with van der Waals surface area (Å²) in [6, 6.07) is 9.03. The number of halogens is 3. The Morgan fingerprint density at radius 2 is 2.15 bits per heavy atom. The zero-order valence-corrected chi connectivity index (χ0v) is 20.4. The van der Waals surface area contributed by atoms with E-state index >= 15 is 0 Å². The molecule has 2 amide bonds. The molecular formula is C23H21Cl2FN4O3S. The second-order valence-corrected chi connectivity index (χ2v) is 9.03. The Hall–Kier alpha value is -2.72. The number of carbonyl (C=O) groups is 1. The van der Waals surface area contributed by atoms with Gasteiger partial charge in [0.25, 0.3) is 0 Å². The molecule has 2 heterocycles. The molecule has 0 bridgehead atoms. The molecule has 3 aromatic rings. The van der Waals surface area contributed by atoms with Crippen LogP contribution in [0.2, 0.25) is 10.0 Å². The number of amides is 2. The number of aromatic nitrogens is 2. The number of fused-ring (bicyclic) bond motifs is 1. The van der Waals surface area contributed by atoms with E-state index < -0.39 is 11.8 Å². The molecule has 2 N–H and O–H groups in total. The molecule has 7 nitrogen and oxygen atoms in total. The molecule has 178 valence electrons. The van der Waals surface area contributed by atoms with E-state index in [0.717, 1.165) is 34.3 Å². The molecule has 11 heteroatoms. The summed E-state index contributed by atoms with van der Waals surface area (Å²) in [5, 5.41) is 8.39. The van der Waals surface area contributed by atoms with Gasteiger partial charge in [-0.25, -0.2) is 9.18 Å². The summed E-state index contributed by atoms with van der Waals surface area (Å²) in [4.78, 5) is 12.7. The summed E-state index contributed by atoms with van der Waals surface area (Å²) >= 11 is 13.3. The summed E-state index contributed by atoms with van der Waals surface area (Å²) in [7, 11) is 1.48. The lowest BCUT2D eigenvalue weighted by Crippen LogP contribution is -2.31. The van der Waals surface area contributed by atoms with Crippen molar-refractivity contribution in [3.05, 3.63) is 81.4 Å². The maximum absolute atomic E-state index is 13.5. The van der Waals surface area contributed by atoms with Crippen molar-refractivity contribution in [3.8, 4) is 5.75 Å². The van der Waals surface area contributed by atoms with Gasteiger partial charge in [-0.1, -0.05) is 35.3 Å². The molecule has 1 aromatic heterocycles. The number of hydrogen-bond donors (Lipinski definition) is 2. The smallest absolute Gasteiger partial charge is 0.325 e. The predicted molar refractivity (Wildman–Crippen MR) is 131 cm³/mol. The maximum Gasteiger partial charge on any atom is 0.325 e. The van der Waals surface area contributed by atoms with Gasteiger partial charge in [-0.2, -0.15) is 5.10 Å². The number of nitrogens with one attached hydrogen (secondary N) is 2. The second-order valence-electron chi connectivity index (χ2n) is 7.34. The fraction of sp³-hybridized carbons (Fsp3) is 0.217. The number of ether oxygens (including phenoxy) is 2. The lowest BCUT2D eigenvalue weighted by atomic mass is 10.1. The number of methoxy groups -OCH3 is 1. The highest BCUT2D eigenvalue weighted by Gasteiger charge is 2.21. The van der Waals surface area contributed by atoms with E-state index in [-0.39, 0.29) is 6.54 Å². The van der Waals surface area contributed by atoms with Crippen LogP contribution in [0.25, 0.3) is 5.57 Å². The van der Waals surface area contributed by atoms with Crippen LogP contribution in [-0.4, -0.2) is 36.1 Å². The van der Waals surface area contributed by atoms with Crippen molar-refractivity contribution < 1.29 is 18.7 Å². The van der Waals surface area contributed by atoms with Crippen LogP contribution in [0.1, 0.15) is 16.8 Å². The molecule has 2 aromatic carbocycles. The lowest BCUT2D eigenvalue weighted by molar-refractivity contribution is 0.145. The molecule has 0 fully saturated rings. The fourth-order valence-corrected chi connectivity index (χ4v) is 4.63. The molecule has 0 radical (unpaired) electrons. The highest BCUT2D eigenvalue weighted by molar-refractivity contribution is 7.98. The average Bonchev–Trinajstić information content (AvgIpc) is 3.23. The van der Waals surface area contributed by atoms with Crippen LogP contribution in [-0.2, 0) is 17.9 Å². The van der Waals surface area contributed by atoms with E-state index in [0.29, 0.717) is 40.4 Å². The van der Waals surface area contributed by atoms with Crippen molar-refractivity contribution in [1.29, 1.82) is 0 Å². The zero-order chi connectivity index (χ0) is 24.1. The standard InChI is InChI=1S/C23H21Cl2FN4O3S/c1-32-20-5-4-18(26)9-21(20)34-29-23(31)27-7-6-15-12-33-13-16-10-28-30(22(15)16)11-14-2-3-17(24)8-19(14)25/h2-6,8-10H,7,11-13H2,1H3,(H2,27,29,31)/b15-6+.